The van der Waals surface area contributed by atoms with Crippen LogP contribution in [0.15, 0.2) is 45.3 Å². The Kier molecular flexibility index (Phi) is 5.11. The van der Waals surface area contributed by atoms with Gasteiger partial charge in [0.2, 0.25) is 0 Å². The average Bonchev–Trinajstić information content (AvgIpc) is 2.37. The van der Waals surface area contributed by atoms with E-state index in [0.29, 0.717) is 0 Å². The van der Waals surface area contributed by atoms with E-state index in [0.717, 1.165) is 22.2 Å². The van der Waals surface area contributed by atoms with Crippen molar-refractivity contribution in [3.8, 4) is 0 Å². The number of hydrogen-bond donors (Lipinski definition) is 1. The normalized spacial score (nSPS) is 12.0. The standard InChI is InChI=1S/C15H11Br2F2NO/c1-8(9-2-4-10(16)5-3-9)20-15(21)14-12(18)6-11(17)7-13(14)19/h2-8H,1H3,(H,20,21). The Balaban J connectivity index is 2.20. The summed E-state index contributed by atoms with van der Waals surface area (Å²) in [7, 11) is 0. The molecular weight excluding hydrogens is 408 g/mol. The van der Waals surface area contributed by atoms with Crippen LogP contribution >= 0.6 is 31.9 Å². The fourth-order valence-corrected chi connectivity index (χ4v) is 2.53. The molecule has 0 aromatic heterocycles. The number of carbonyl (C=O) groups is 1. The van der Waals surface area contributed by atoms with E-state index >= 15 is 0 Å². The molecule has 1 N–H and O–H groups in total. The fraction of sp³-hybridized carbons (Fsp3) is 0.133. The first kappa shape index (κ1) is 16.1. The van der Waals surface area contributed by atoms with Gasteiger partial charge in [0.15, 0.2) is 0 Å². The second-order valence-corrected chi connectivity index (χ2v) is 6.32. The first-order valence-corrected chi connectivity index (χ1v) is 7.68. The zero-order valence-corrected chi connectivity index (χ0v) is 14.1. The topological polar surface area (TPSA) is 29.1 Å². The molecule has 0 fully saturated rings. The molecule has 0 aliphatic carbocycles. The summed E-state index contributed by atoms with van der Waals surface area (Å²) < 4.78 is 28.6. The van der Waals surface area contributed by atoms with Crippen LogP contribution in [0.2, 0.25) is 0 Å². The number of halogens is 4. The minimum atomic E-state index is -0.901. The van der Waals surface area contributed by atoms with Crippen LogP contribution in [0.3, 0.4) is 0 Å². The largest absolute Gasteiger partial charge is 0.345 e. The predicted octanol–water partition coefficient (Wildman–Crippen LogP) is 4.98. The monoisotopic (exact) mass is 417 g/mol. The lowest BCUT2D eigenvalue weighted by Gasteiger charge is -2.15. The molecule has 110 valence electrons. The molecule has 1 unspecified atom stereocenters. The maximum atomic E-state index is 13.7. The first-order chi connectivity index (χ1) is 9.88. The summed E-state index contributed by atoms with van der Waals surface area (Å²) in [5.41, 5.74) is 0.256. The second kappa shape index (κ2) is 6.66. The van der Waals surface area contributed by atoms with Crippen molar-refractivity contribution in [1.82, 2.24) is 5.32 Å². The van der Waals surface area contributed by atoms with Crippen LogP contribution < -0.4 is 5.32 Å². The van der Waals surface area contributed by atoms with Gasteiger partial charge in [0.25, 0.3) is 5.91 Å². The third-order valence-corrected chi connectivity index (χ3v) is 3.94. The van der Waals surface area contributed by atoms with E-state index in [-0.39, 0.29) is 10.5 Å². The summed E-state index contributed by atoms with van der Waals surface area (Å²) in [5, 5.41) is 2.58. The zero-order valence-electron chi connectivity index (χ0n) is 11.0. The van der Waals surface area contributed by atoms with Gasteiger partial charge in [-0.1, -0.05) is 44.0 Å². The maximum absolute atomic E-state index is 13.7. The third kappa shape index (κ3) is 3.89. The Morgan fingerprint density at radius 1 is 1.05 bits per heavy atom. The molecule has 0 aliphatic rings. The Hall–Kier alpha value is -1.27. The minimum absolute atomic E-state index is 0.245. The molecule has 2 rings (SSSR count). The average molecular weight is 419 g/mol. The van der Waals surface area contributed by atoms with E-state index in [9.17, 15) is 13.6 Å². The van der Waals surface area contributed by atoms with E-state index in [1.54, 1.807) is 6.92 Å². The van der Waals surface area contributed by atoms with Crippen molar-refractivity contribution in [3.05, 3.63) is 68.1 Å². The quantitative estimate of drug-likeness (QED) is 0.748. The molecule has 1 atom stereocenters. The molecule has 21 heavy (non-hydrogen) atoms. The van der Waals surface area contributed by atoms with E-state index < -0.39 is 23.1 Å². The van der Waals surface area contributed by atoms with Gasteiger partial charge in [0.1, 0.15) is 17.2 Å². The van der Waals surface area contributed by atoms with Crippen molar-refractivity contribution in [3.63, 3.8) is 0 Å². The molecule has 2 aromatic carbocycles. The number of rotatable bonds is 3. The lowest BCUT2D eigenvalue weighted by Crippen LogP contribution is -2.28. The summed E-state index contributed by atoms with van der Waals surface area (Å²) >= 11 is 6.29. The number of amides is 1. The highest BCUT2D eigenvalue weighted by Gasteiger charge is 2.20. The second-order valence-electron chi connectivity index (χ2n) is 4.49. The first-order valence-electron chi connectivity index (χ1n) is 6.09. The van der Waals surface area contributed by atoms with Crippen LogP contribution in [-0.4, -0.2) is 5.91 Å². The van der Waals surface area contributed by atoms with Gasteiger partial charge in [-0.25, -0.2) is 8.78 Å². The zero-order chi connectivity index (χ0) is 15.6. The highest BCUT2D eigenvalue weighted by molar-refractivity contribution is 9.10. The van der Waals surface area contributed by atoms with Crippen LogP contribution in [0.5, 0.6) is 0 Å². The number of carbonyl (C=O) groups excluding carboxylic acids is 1. The molecule has 0 spiro atoms. The number of benzene rings is 2. The molecule has 0 saturated carbocycles. The minimum Gasteiger partial charge on any atom is -0.345 e. The van der Waals surface area contributed by atoms with E-state index in [4.69, 9.17) is 0 Å². The summed E-state index contributed by atoms with van der Waals surface area (Å²) in [4.78, 5) is 12.0. The third-order valence-electron chi connectivity index (χ3n) is 2.95. The summed E-state index contributed by atoms with van der Waals surface area (Å²) in [5.74, 6) is -2.59. The summed E-state index contributed by atoms with van der Waals surface area (Å²) in [6.45, 7) is 1.75. The van der Waals surface area contributed by atoms with Gasteiger partial charge >= 0.3 is 0 Å². The van der Waals surface area contributed by atoms with Gasteiger partial charge in [-0.2, -0.15) is 0 Å². The number of nitrogens with one attached hydrogen (secondary N) is 1. The number of hydrogen-bond acceptors (Lipinski definition) is 1. The van der Waals surface area contributed by atoms with Gasteiger partial charge < -0.3 is 5.32 Å². The Morgan fingerprint density at radius 3 is 2.10 bits per heavy atom. The van der Waals surface area contributed by atoms with Crippen molar-refractivity contribution in [2.24, 2.45) is 0 Å². The van der Waals surface area contributed by atoms with Gasteiger partial charge in [-0.15, -0.1) is 0 Å². The molecule has 6 heteroatoms. The molecule has 0 aliphatic heterocycles. The molecule has 1 amide bonds. The summed E-state index contributed by atoms with van der Waals surface area (Å²) in [6.07, 6.45) is 0. The summed E-state index contributed by atoms with van der Waals surface area (Å²) in [6, 6.07) is 9.06. The molecular formula is C15H11Br2F2NO. The van der Waals surface area contributed by atoms with Crippen LogP contribution in [0.25, 0.3) is 0 Å². The maximum Gasteiger partial charge on any atom is 0.257 e. The SMILES string of the molecule is CC(NC(=O)c1c(F)cc(Br)cc1F)c1ccc(Br)cc1. The molecule has 0 heterocycles. The van der Waals surface area contributed by atoms with Crippen molar-refractivity contribution in [2.75, 3.05) is 0 Å². The van der Waals surface area contributed by atoms with E-state index in [1.807, 2.05) is 24.3 Å². The van der Waals surface area contributed by atoms with Crippen molar-refractivity contribution in [2.45, 2.75) is 13.0 Å². The predicted molar refractivity (Wildman–Crippen MR) is 84.1 cm³/mol. The lowest BCUT2D eigenvalue weighted by atomic mass is 10.1. The highest BCUT2D eigenvalue weighted by Crippen LogP contribution is 2.21. The Labute approximate surface area is 137 Å². The smallest absolute Gasteiger partial charge is 0.257 e. The van der Waals surface area contributed by atoms with Gasteiger partial charge in [-0.05, 0) is 36.8 Å². The molecule has 0 saturated heterocycles. The molecule has 0 bridgehead atoms. The van der Waals surface area contributed by atoms with Crippen molar-refractivity contribution in [1.29, 1.82) is 0 Å². The lowest BCUT2D eigenvalue weighted by molar-refractivity contribution is 0.0931. The van der Waals surface area contributed by atoms with Crippen LogP contribution in [0, 0.1) is 11.6 Å². The Morgan fingerprint density at radius 2 is 1.57 bits per heavy atom. The van der Waals surface area contributed by atoms with Gasteiger partial charge in [-0.3, -0.25) is 4.79 Å². The Bertz CT molecular complexity index is 651. The van der Waals surface area contributed by atoms with Crippen molar-refractivity contribution >= 4 is 37.8 Å². The van der Waals surface area contributed by atoms with Crippen molar-refractivity contribution < 1.29 is 13.6 Å². The molecule has 2 aromatic rings. The molecule has 0 radical (unpaired) electrons. The van der Waals surface area contributed by atoms with Gasteiger partial charge in [0, 0.05) is 8.95 Å². The molecule has 2 nitrogen and oxygen atoms in total. The van der Waals surface area contributed by atoms with Crippen LogP contribution in [-0.2, 0) is 0 Å². The fourth-order valence-electron chi connectivity index (χ4n) is 1.86. The highest BCUT2D eigenvalue weighted by atomic mass is 79.9. The van der Waals surface area contributed by atoms with E-state index in [2.05, 4.69) is 37.2 Å². The van der Waals surface area contributed by atoms with E-state index in [1.165, 1.54) is 0 Å². The van der Waals surface area contributed by atoms with Gasteiger partial charge in [0.05, 0.1) is 6.04 Å². The van der Waals surface area contributed by atoms with Crippen LogP contribution in [0.1, 0.15) is 28.9 Å². The van der Waals surface area contributed by atoms with Crippen LogP contribution in [0.4, 0.5) is 8.78 Å².